The van der Waals surface area contributed by atoms with Crippen LogP contribution in [0.2, 0.25) is 0 Å². The lowest BCUT2D eigenvalue weighted by Gasteiger charge is -2.09. The fourth-order valence-electron chi connectivity index (χ4n) is 1.97. The standard InChI is InChI=1S/C16H12F2N2O5S/c17-16(18)26(24,25)14-4-2-1-3-13(14)19-15(21)10-7-11-5-8-12(9-6-11)20(22)23/h1-10,16H,(H,19,21)/b10-7+. The number of benzene rings is 2. The molecule has 0 unspecified atom stereocenters. The number of hydrogen-bond acceptors (Lipinski definition) is 5. The number of alkyl halides is 2. The molecule has 0 saturated heterocycles. The first-order chi connectivity index (χ1) is 12.2. The van der Waals surface area contributed by atoms with Gasteiger partial charge in [-0.2, -0.15) is 8.78 Å². The Bertz CT molecular complexity index is 957. The van der Waals surface area contributed by atoms with Crippen molar-refractivity contribution in [3.05, 3.63) is 70.3 Å². The fourth-order valence-corrected chi connectivity index (χ4v) is 2.85. The number of para-hydroxylation sites is 1. The number of nitro groups is 1. The molecule has 1 N–H and O–H groups in total. The summed E-state index contributed by atoms with van der Waals surface area (Å²) in [5.74, 6) is -4.36. The normalized spacial score (nSPS) is 11.7. The third-order valence-corrected chi connectivity index (χ3v) is 4.66. The predicted molar refractivity (Wildman–Crippen MR) is 90.4 cm³/mol. The number of non-ortho nitro benzene ring substituents is 1. The van der Waals surface area contributed by atoms with Crippen LogP contribution in [0.5, 0.6) is 0 Å². The first kappa shape index (κ1) is 19.2. The number of anilines is 1. The molecule has 0 aromatic heterocycles. The van der Waals surface area contributed by atoms with Gasteiger partial charge in [0, 0.05) is 18.2 Å². The summed E-state index contributed by atoms with van der Waals surface area (Å²) in [6.45, 7) is 0. The molecule has 0 aliphatic heterocycles. The van der Waals surface area contributed by atoms with Crippen LogP contribution in [0.3, 0.4) is 0 Å². The van der Waals surface area contributed by atoms with Gasteiger partial charge in [-0.3, -0.25) is 14.9 Å². The summed E-state index contributed by atoms with van der Waals surface area (Å²) >= 11 is 0. The zero-order chi connectivity index (χ0) is 19.3. The number of halogens is 2. The van der Waals surface area contributed by atoms with Gasteiger partial charge in [-0.1, -0.05) is 12.1 Å². The minimum Gasteiger partial charge on any atom is -0.321 e. The second-order valence-electron chi connectivity index (χ2n) is 4.97. The molecule has 0 spiro atoms. The molecule has 0 heterocycles. The Morgan fingerprint density at radius 3 is 2.31 bits per heavy atom. The number of carbonyl (C=O) groups excluding carboxylic acids is 1. The number of amides is 1. The van der Waals surface area contributed by atoms with Gasteiger partial charge in [0.25, 0.3) is 5.69 Å². The highest BCUT2D eigenvalue weighted by Gasteiger charge is 2.29. The molecule has 10 heteroatoms. The number of carbonyl (C=O) groups is 1. The van der Waals surface area contributed by atoms with Gasteiger partial charge >= 0.3 is 5.76 Å². The maximum atomic E-state index is 12.7. The van der Waals surface area contributed by atoms with Crippen LogP contribution in [0.25, 0.3) is 6.08 Å². The molecule has 0 bridgehead atoms. The van der Waals surface area contributed by atoms with E-state index < -0.39 is 31.3 Å². The Balaban J connectivity index is 2.17. The van der Waals surface area contributed by atoms with Crippen molar-refractivity contribution in [3.63, 3.8) is 0 Å². The summed E-state index contributed by atoms with van der Waals surface area (Å²) in [6, 6.07) is 10.1. The van der Waals surface area contributed by atoms with Gasteiger partial charge in [0.1, 0.15) is 0 Å². The van der Waals surface area contributed by atoms with Crippen molar-refractivity contribution in [2.24, 2.45) is 0 Å². The zero-order valence-corrected chi connectivity index (χ0v) is 13.8. The van der Waals surface area contributed by atoms with E-state index in [1.54, 1.807) is 0 Å². The third-order valence-electron chi connectivity index (χ3n) is 3.22. The van der Waals surface area contributed by atoms with Gasteiger partial charge in [-0.15, -0.1) is 0 Å². The number of rotatable bonds is 6. The number of nitrogens with zero attached hydrogens (tertiary/aromatic N) is 1. The van der Waals surface area contributed by atoms with Gasteiger partial charge < -0.3 is 5.32 Å². The van der Waals surface area contributed by atoms with Crippen LogP contribution >= 0.6 is 0 Å². The van der Waals surface area contributed by atoms with Crippen LogP contribution < -0.4 is 5.32 Å². The molecule has 1 amide bonds. The highest BCUT2D eigenvalue weighted by molar-refractivity contribution is 7.91. The first-order valence-electron chi connectivity index (χ1n) is 7.06. The van der Waals surface area contributed by atoms with Crippen LogP contribution in [0.1, 0.15) is 5.56 Å². The van der Waals surface area contributed by atoms with Gasteiger partial charge in [0.2, 0.25) is 15.7 Å². The minimum atomic E-state index is -4.87. The Morgan fingerprint density at radius 2 is 1.73 bits per heavy atom. The summed E-state index contributed by atoms with van der Waals surface area (Å²) in [4.78, 5) is 21.2. The maximum Gasteiger partial charge on any atom is 0.341 e. The van der Waals surface area contributed by atoms with E-state index in [9.17, 15) is 32.1 Å². The molecule has 136 valence electrons. The van der Waals surface area contributed by atoms with Crippen LogP contribution in [-0.2, 0) is 14.6 Å². The molecule has 0 radical (unpaired) electrons. The molecule has 0 fully saturated rings. The van der Waals surface area contributed by atoms with Crippen LogP contribution in [-0.4, -0.2) is 25.0 Å². The molecular weight excluding hydrogens is 370 g/mol. The third kappa shape index (κ3) is 4.48. The van der Waals surface area contributed by atoms with Gasteiger partial charge in [-0.05, 0) is 35.9 Å². The van der Waals surface area contributed by atoms with Crippen molar-refractivity contribution in [3.8, 4) is 0 Å². The Morgan fingerprint density at radius 1 is 1.12 bits per heavy atom. The minimum absolute atomic E-state index is 0.113. The van der Waals surface area contributed by atoms with E-state index in [1.807, 2.05) is 0 Å². The van der Waals surface area contributed by atoms with Crippen molar-refractivity contribution in [2.75, 3.05) is 5.32 Å². The quantitative estimate of drug-likeness (QED) is 0.469. The molecule has 7 nitrogen and oxygen atoms in total. The highest BCUT2D eigenvalue weighted by Crippen LogP contribution is 2.26. The first-order valence-corrected chi connectivity index (χ1v) is 8.61. The molecule has 0 aliphatic carbocycles. The van der Waals surface area contributed by atoms with E-state index in [4.69, 9.17) is 0 Å². The number of hydrogen-bond donors (Lipinski definition) is 1. The average Bonchev–Trinajstić information content (AvgIpc) is 2.60. The SMILES string of the molecule is O=C(/C=C/c1ccc([N+](=O)[O-])cc1)Nc1ccccc1S(=O)(=O)C(F)F. The van der Waals surface area contributed by atoms with E-state index >= 15 is 0 Å². The largest absolute Gasteiger partial charge is 0.341 e. The number of nitro benzene ring substituents is 1. The van der Waals surface area contributed by atoms with Gasteiger partial charge in [0.15, 0.2) is 0 Å². The second-order valence-corrected chi connectivity index (χ2v) is 6.86. The summed E-state index contributed by atoms with van der Waals surface area (Å²) in [6.07, 6.45) is 2.39. The molecule has 0 atom stereocenters. The summed E-state index contributed by atoms with van der Waals surface area (Å²) in [5, 5.41) is 12.8. The Labute approximate surface area is 147 Å². The summed E-state index contributed by atoms with van der Waals surface area (Å²) in [5.41, 5.74) is 0.100. The maximum absolute atomic E-state index is 12.7. The van der Waals surface area contributed by atoms with Crippen LogP contribution in [0.4, 0.5) is 20.2 Å². The van der Waals surface area contributed by atoms with Crippen molar-refractivity contribution < 1.29 is 26.9 Å². The van der Waals surface area contributed by atoms with Crippen molar-refractivity contribution in [2.45, 2.75) is 10.7 Å². The van der Waals surface area contributed by atoms with E-state index in [0.29, 0.717) is 5.56 Å². The lowest BCUT2D eigenvalue weighted by molar-refractivity contribution is -0.384. The topological polar surface area (TPSA) is 106 Å². The molecule has 0 aliphatic rings. The fraction of sp³-hybridized carbons (Fsp3) is 0.0625. The van der Waals surface area contributed by atoms with Crippen molar-refractivity contribution >= 4 is 33.2 Å². The second kappa shape index (κ2) is 7.83. The van der Waals surface area contributed by atoms with E-state index in [0.717, 1.165) is 12.1 Å². The lowest BCUT2D eigenvalue weighted by Crippen LogP contribution is -2.16. The smallest absolute Gasteiger partial charge is 0.321 e. The highest BCUT2D eigenvalue weighted by atomic mass is 32.2. The summed E-state index contributed by atoms with van der Waals surface area (Å²) < 4.78 is 48.7. The number of nitrogens with one attached hydrogen (secondary N) is 1. The zero-order valence-electron chi connectivity index (χ0n) is 13.0. The molecule has 2 rings (SSSR count). The molecule has 0 saturated carbocycles. The van der Waals surface area contributed by atoms with Crippen molar-refractivity contribution in [1.29, 1.82) is 0 Å². The molecule has 2 aromatic carbocycles. The Kier molecular flexibility index (Phi) is 5.78. The lowest BCUT2D eigenvalue weighted by atomic mass is 10.2. The molecular formula is C16H12F2N2O5S. The van der Waals surface area contributed by atoms with Crippen LogP contribution in [0, 0.1) is 10.1 Å². The molecule has 2 aromatic rings. The monoisotopic (exact) mass is 382 g/mol. The number of sulfone groups is 1. The van der Waals surface area contributed by atoms with E-state index in [-0.39, 0.29) is 11.4 Å². The van der Waals surface area contributed by atoms with Gasteiger partial charge in [-0.25, -0.2) is 8.42 Å². The Hall–Kier alpha value is -3.14. The van der Waals surface area contributed by atoms with E-state index in [1.165, 1.54) is 48.5 Å². The van der Waals surface area contributed by atoms with E-state index in [2.05, 4.69) is 5.32 Å². The van der Waals surface area contributed by atoms with Crippen molar-refractivity contribution in [1.82, 2.24) is 0 Å². The van der Waals surface area contributed by atoms with Gasteiger partial charge in [0.05, 0.1) is 15.5 Å². The molecule has 26 heavy (non-hydrogen) atoms. The summed E-state index contributed by atoms with van der Waals surface area (Å²) in [7, 11) is -4.87. The van der Waals surface area contributed by atoms with Crippen LogP contribution in [0.15, 0.2) is 59.5 Å². The predicted octanol–water partition coefficient (Wildman–Crippen LogP) is 3.24. The average molecular weight is 382 g/mol.